The first-order valence-electron chi connectivity index (χ1n) is 10.7. The van der Waals surface area contributed by atoms with Gasteiger partial charge in [0, 0.05) is 12.0 Å². The van der Waals surface area contributed by atoms with Crippen LogP contribution in [0.3, 0.4) is 0 Å². The number of fused-ring (bicyclic) bond motifs is 3. The number of quaternary nitrogens is 1. The standard InChI is InChI=1S/C22H35N.C2H6O.ClH/c1-16(2)17-8-10-19-18(14-17)9-11-20-21(3,15-23(5)6)12-7-13-22(19,20)4;1-2-3;/h8,10,14,16,20H,7,9,11-13,15H2,1-6H3;3H,2H2,1H3;1H/t20-,21-,22+;;/m0../s1. The molecule has 0 spiro atoms. The van der Waals surface area contributed by atoms with Crippen molar-refractivity contribution in [3.8, 4) is 0 Å². The van der Waals surface area contributed by atoms with Gasteiger partial charge in [-0.1, -0.05) is 52.3 Å². The molecule has 1 aromatic carbocycles. The minimum absolute atomic E-state index is 0. The fourth-order valence-corrected chi connectivity index (χ4v) is 6.02. The van der Waals surface area contributed by atoms with E-state index >= 15 is 0 Å². The molecule has 2 aliphatic carbocycles. The molecule has 0 amide bonds. The van der Waals surface area contributed by atoms with E-state index in [-0.39, 0.29) is 19.0 Å². The topological polar surface area (TPSA) is 24.7 Å². The Bertz CT molecular complexity index is 600. The second-order valence-electron chi connectivity index (χ2n) is 9.79. The summed E-state index contributed by atoms with van der Waals surface area (Å²) in [6.07, 6.45) is 6.85. The molecule has 0 radical (unpaired) electrons. The number of aliphatic hydroxyl groups excluding tert-OH is 1. The molecule has 0 aliphatic heterocycles. The SMILES string of the molecule is CC(C)c1ccc2c(c1)CC[C@H]1[C@](C)(C[NH+](C)C)CCC[C@]21C.CCO.[Cl-]. The smallest absolute Gasteiger partial charge is 0.0824 e. The van der Waals surface area contributed by atoms with Crippen molar-refractivity contribution in [2.45, 2.75) is 78.1 Å². The predicted molar refractivity (Wildman–Crippen MR) is 112 cm³/mol. The summed E-state index contributed by atoms with van der Waals surface area (Å²) in [5.41, 5.74) is 5.74. The summed E-state index contributed by atoms with van der Waals surface area (Å²) < 4.78 is 0. The molecule has 3 atom stereocenters. The van der Waals surface area contributed by atoms with Crippen LogP contribution in [0.25, 0.3) is 0 Å². The fourth-order valence-electron chi connectivity index (χ4n) is 6.02. The van der Waals surface area contributed by atoms with Crippen molar-refractivity contribution in [3.63, 3.8) is 0 Å². The van der Waals surface area contributed by atoms with E-state index in [2.05, 4.69) is 60.0 Å². The van der Waals surface area contributed by atoms with E-state index in [1.165, 1.54) is 44.2 Å². The van der Waals surface area contributed by atoms with Gasteiger partial charge in [-0.15, -0.1) is 0 Å². The summed E-state index contributed by atoms with van der Waals surface area (Å²) in [5.74, 6) is 1.48. The van der Waals surface area contributed by atoms with Crippen LogP contribution in [0.1, 0.15) is 82.9 Å². The third kappa shape index (κ3) is 5.08. The molecule has 0 saturated heterocycles. The number of nitrogens with one attached hydrogen (secondary N) is 1. The molecule has 0 unspecified atom stereocenters. The van der Waals surface area contributed by atoms with Gasteiger partial charge < -0.3 is 22.4 Å². The van der Waals surface area contributed by atoms with Crippen LogP contribution in [0, 0.1) is 11.3 Å². The molecule has 2 aliphatic rings. The Hall–Kier alpha value is -0.570. The lowest BCUT2D eigenvalue weighted by Crippen LogP contribution is -3.07. The maximum Gasteiger partial charge on any atom is 0.0824 e. The largest absolute Gasteiger partial charge is 1.00 e. The highest BCUT2D eigenvalue weighted by Gasteiger charge is 2.52. The molecule has 0 heterocycles. The molecule has 3 heteroatoms. The molecule has 1 aromatic rings. The van der Waals surface area contributed by atoms with E-state index in [9.17, 15) is 0 Å². The van der Waals surface area contributed by atoms with Crippen LogP contribution in [0.5, 0.6) is 0 Å². The van der Waals surface area contributed by atoms with Crippen LogP contribution < -0.4 is 17.3 Å². The van der Waals surface area contributed by atoms with Crippen LogP contribution in [-0.4, -0.2) is 32.4 Å². The Kier molecular flexibility index (Phi) is 8.85. The van der Waals surface area contributed by atoms with E-state index in [0.29, 0.717) is 16.7 Å². The molecular weight excluding hydrogens is 354 g/mol. The van der Waals surface area contributed by atoms with Gasteiger partial charge in [-0.25, -0.2) is 0 Å². The molecular formula is C24H42ClNO. The molecule has 156 valence electrons. The maximum absolute atomic E-state index is 7.57. The highest BCUT2D eigenvalue weighted by molar-refractivity contribution is 5.42. The summed E-state index contributed by atoms with van der Waals surface area (Å²) in [5, 5.41) is 7.57. The summed E-state index contributed by atoms with van der Waals surface area (Å²) in [6, 6.07) is 7.41. The normalized spacial score (nSPS) is 29.3. The van der Waals surface area contributed by atoms with Crippen molar-refractivity contribution in [1.82, 2.24) is 0 Å². The van der Waals surface area contributed by atoms with Crippen molar-refractivity contribution >= 4 is 0 Å². The lowest BCUT2D eigenvalue weighted by atomic mass is 9.49. The molecule has 0 bridgehead atoms. The molecule has 27 heavy (non-hydrogen) atoms. The highest BCUT2D eigenvalue weighted by atomic mass is 35.5. The number of benzene rings is 1. The van der Waals surface area contributed by atoms with Crippen molar-refractivity contribution in [2.75, 3.05) is 27.2 Å². The van der Waals surface area contributed by atoms with Crippen LogP contribution in [-0.2, 0) is 11.8 Å². The van der Waals surface area contributed by atoms with Gasteiger partial charge in [-0.05, 0) is 66.5 Å². The van der Waals surface area contributed by atoms with Gasteiger partial charge in [0.05, 0.1) is 20.6 Å². The Morgan fingerprint density at radius 1 is 1.19 bits per heavy atom. The zero-order valence-corrected chi connectivity index (χ0v) is 19.4. The third-order valence-corrected chi connectivity index (χ3v) is 6.93. The fraction of sp³-hybridized carbons (Fsp3) is 0.750. The second kappa shape index (κ2) is 9.76. The van der Waals surface area contributed by atoms with Crippen molar-refractivity contribution in [2.24, 2.45) is 11.3 Å². The van der Waals surface area contributed by atoms with Crippen molar-refractivity contribution in [1.29, 1.82) is 0 Å². The van der Waals surface area contributed by atoms with Gasteiger partial charge in [0.1, 0.15) is 0 Å². The van der Waals surface area contributed by atoms with E-state index in [4.69, 9.17) is 5.11 Å². The van der Waals surface area contributed by atoms with Gasteiger partial charge in [0.25, 0.3) is 0 Å². The quantitative estimate of drug-likeness (QED) is 0.783. The average Bonchev–Trinajstić information content (AvgIpc) is 2.54. The molecule has 0 aromatic heterocycles. The Morgan fingerprint density at radius 3 is 2.37 bits per heavy atom. The van der Waals surface area contributed by atoms with Crippen LogP contribution >= 0.6 is 0 Å². The molecule has 2 nitrogen and oxygen atoms in total. The minimum atomic E-state index is 0. The minimum Gasteiger partial charge on any atom is -1.00 e. The van der Waals surface area contributed by atoms with E-state index in [1.807, 2.05) is 0 Å². The summed E-state index contributed by atoms with van der Waals surface area (Å²) in [6.45, 7) is 13.0. The third-order valence-electron chi connectivity index (χ3n) is 6.93. The average molecular weight is 396 g/mol. The summed E-state index contributed by atoms with van der Waals surface area (Å²) >= 11 is 0. The second-order valence-corrected chi connectivity index (χ2v) is 9.79. The molecule has 3 rings (SSSR count). The lowest BCUT2D eigenvalue weighted by Gasteiger charge is -2.55. The number of rotatable bonds is 3. The number of hydrogen-bond donors (Lipinski definition) is 2. The Balaban J connectivity index is 0.000000855. The maximum atomic E-state index is 7.57. The molecule has 1 fully saturated rings. The molecule has 2 N–H and O–H groups in total. The first-order valence-corrected chi connectivity index (χ1v) is 10.7. The highest BCUT2D eigenvalue weighted by Crippen LogP contribution is 2.56. The summed E-state index contributed by atoms with van der Waals surface area (Å²) in [7, 11) is 4.64. The zero-order valence-electron chi connectivity index (χ0n) is 18.7. The Morgan fingerprint density at radius 2 is 1.81 bits per heavy atom. The number of aliphatic hydroxyl groups is 1. The first-order chi connectivity index (χ1) is 12.2. The van der Waals surface area contributed by atoms with Gasteiger partial charge in [0.15, 0.2) is 0 Å². The predicted octanol–water partition coefficient (Wildman–Crippen LogP) is 0.967. The van der Waals surface area contributed by atoms with E-state index < -0.39 is 0 Å². The van der Waals surface area contributed by atoms with Crippen molar-refractivity contribution in [3.05, 3.63) is 34.9 Å². The zero-order chi connectivity index (χ0) is 19.5. The van der Waals surface area contributed by atoms with E-state index in [1.54, 1.807) is 23.0 Å². The monoisotopic (exact) mass is 395 g/mol. The van der Waals surface area contributed by atoms with E-state index in [0.717, 1.165) is 5.92 Å². The van der Waals surface area contributed by atoms with Gasteiger partial charge in [-0.3, -0.25) is 0 Å². The van der Waals surface area contributed by atoms with Crippen LogP contribution in [0.2, 0.25) is 0 Å². The van der Waals surface area contributed by atoms with Crippen LogP contribution in [0.15, 0.2) is 18.2 Å². The van der Waals surface area contributed by atoms with Gasteiger partial charge in [-0.2, -0.15) is 0 Å². The number of halogens is 1. The number of hydrogen-bond acceptors (Lipinski definition) is 1. The van der Waals surface area contributed by atoms with Crippen LogP contribution in [0.4, 0.5) is 0 Å². The lowest BCUT2D eigenvalue weighted by molar-refractivity contribution is -0.866. The summed E-state index contributed by atoms with van der Waals surface area (Å²) in [4.78, 5) is 1.61. The first kappa shape index (κ1) is 24.5. The molecule has 1 saturated carbocycles. The Labute approximate surface area is 174 Å². The van der Waals surface area contributed by atoms with Gasteiger partial charge in [0.2, 0.25) is 0 Å². The van der Waals surface area contributed by atoms with Crippen molar-refractivity contribution < 1.29 is 22.4 Å². The number of aryl methyl sites for hydroxylation is 1. The van der Waals surface area contributed by atoms with Gasteiger partial charge >= 0.3 is 0 Å².